The average Bonchev–Trinajstić information content (AvgIpc) is 2.20. The molecule has 4 N–H and O–H groups in total. The number of nitrogens with one attached hydrogen (secondary N) is 2. The molecule has 0 spiro atoms. The number of nitrogens with two attached hydrogens (primary N) is 1. The number of benzene rings is 1. The predicted molar refractivity (Wildman–Crippen MR) is 58.1 cm³/mol. The van der Waals surface area contributed by atoms with Crippen molar-refractivity contribution in [1.29, 1.82) is 0 Å². The smallest absolute Gasteiger partial charge is 0.319 e. The molecular formula is C10H14FN3O. The molecule has 1 rings (SSSR count). The molecule has 82 valence electrons. The Labute approximate surface area is 87.7 Å². The summed E-state index contributed by atoms with van der Waals surface area (Å²) in [5.41, 5.74) is 5.96. The van der Waals surface area contributed by atoms with Crippen LogP contribution in [0.15, 0.2) is 18.2 Å². The molecule has 4 nitrogen and oxygen atoms in total. The molecule has 0 bridgehead atoms. The minimum atomic E-state index is -0.504. The molecule has 2 amide bonds. The number of amides is 2. The lowest BCUT2D eigenvalue weighted by Crippen LogP contribution is -2.29. The highest BCUT2D eigenvalue weighted by molar-refractivity contribution is 5.89. The molecule has 1 aromatic carbocycles. The molecule has 0 saturated heterocycles. The van der Waals surface area contributed by atoms with Crippen LogP contribution in [0.2, 0.25) is 0 Å². The van der Waals surface area contributed by atoms with E-state index in [1.807, 2.05) is 6.92 Å². The topological polar surface area (TPSA) is 67.2 Å². The van der Waals surface area contributed by atoms with E-state index in [0.29, 0.717) is 12.2 Å². The fourth-order valence-corrected chi connectivity index (χ4v) is 1.04. The van der Waals surface area contributed by atoms with Crippen LogP contribution < -0.4 is 16.4 Å². The maximum Gasteiger partial charge on any atom is 0.319 e. The van der Waals surface area contributed by atoms with Crippen LogP contribution in [0.4, 0.5) is 20.6 Å². The molecule has 0 aliphatic heterocycles. The molecule has 0 unspecified atom stereocenters. The van der Waals surface area contributed by atoms with Gasteiger partial charge in [-0.15, -0.1) is 0 Å². The van der Waals surface area contributed by atoms with Gasteiger partial charge in [-0.1, -0.05) is 6.92 Å². The number of nitrogen functional groups attached to an aromatic ring is 1. The monoisotopic (exact) mass is 211 g/mol. The van der Waals surface area contributed by atoms with Crippen molar-refractivity contribution in [2.75, 3.05) is 17.6 Å². The number of urea groups is 1. The molecule has 0 fully saturated rings. The Morgan fingerprint density at radius 3 is 2.93 bits per heavy atom. The first-order valence-electron chi connectivity index (χ1n) is 4.73. The number of carbonyl (C=O) groups excluding carboxylic acids is 1. The van der Waals surface area contributed by atoms with Gasteiger partial charge >= 0.3 is 6.03 Å². The molecule has 0 aliphatic carbocycles. The fraction of sp³-hybridized carbons (Fsp3) is 0.300. The van der Waals surface area contributed by atoms with Crippen molar-refractivity contribution in [1.82, 2.24) is 5.32 Å². The van der Waals surface area contributed by atoms with Crippen molar-refractivity contribution in [2.24, 2.45) is 0 Å². The van der Waals surface area contributed by atoms with Gasteiger partial charge in [0.1, 0.15) is 5.82 Å². The quantitative estimate of drug-likeness (QED) is 0.669. The van der Waals surface area contributed by atoms with E-state index in [1.165, 1.54) is 18.2 Å². The number of rotatable bonds is 3. The van der Waals surface area contributed by atoms with E-state index >= 15 is 0 Å². The third-order valence-corrected chi connectivity index (χ3v) is 1.77. The summed E-state index contributed by atoms with van der Waals surface area (Å²) in [5.74, 6) is -0.504. The average molecular weight is 211 g/mol. The van der Waals surface area contributed by atoms with Crippen molar-refractivity contribution >= 4 is 17.4 Å². The molecule has 0 aliphatic rings. The van der Waals surface area contributed by atoms with Gasteiger partial charge in [0.2, 0.25) is 0 Å². The molecule has 0 saturated carbocycles. The Morgan fingerprint density at radius 2 is 2.27 bits per heavy atom. The first-order chi connectivity index (χ1) is 7.13. The summed E-state index contributed by atoms with van der Waals surface area (Å²) in [6.07, 6.45) is 0.826. The summed E-state index contributed by atoms with van der Waals surface area (Å²) in [6.45, 7) is 2.48. The second kappa shape index (κ2) is 5.19. The molecule has 15 heavy (non-hydrogen) atoms. The number of anilines is 2. The second-order valence-electron chi connectivity index (χ2n) is 3.12. The number of halogens is 1. The van der Waals surface area contributed by atoms with Crippen LogP contribution in [0.25, 0.3) is 0 Å². The predicted octanol–water partition coefficient (Wildman–Crippen LogP) is 1.94. The van der Waals surface area contributed by atoms with Crippen LogP contribution >= 0.6 is 0 Å². The summed E-state index contributed by atoms with van der Waals surface area (Å²) in [6, 6.07) is 3.59. The van der Waals surface area contributed by atoms with E-state index < -0.39 is 11.8 Å². The van der Waals surface area contributed by atoms with Crippen LogP contribution in [-0.4, -0.2) is 12.6 Å². The summed E-state index contributed by atoms with van der Waals surface area (Å²) in [4.78, 5) is 11.2. The number of carbonyl (C=O) groups is 1. The highest BCUT2D eigenvalue weighted by atomic mass is 19.1. The van der Waals surface area contributed by atoms with Gasteiger partial charge in [0.25, 0.3) is 0 Å². The fourth-order valence-electron chi connectivity index (χ4n) is 1.04. The molecule has 0 atom stereocenters. The van der Waals surface area contributed by atoms with Gasteiger partial charge in [0, 0.05) is 12.2 Å². The van der Waals surface area contributed by atoms with E-state index in [2.05, 4.69) is 10.6 Å². The molecule has 0 radical (unpaired) electrons. The van der Waals surface area contributed by atoms with Crippen LogP contribution in [-0.2, 0) is 0 Å². The minimum Gasteiger partial charge on any atom is -0.399 e. The van der Waals surface area contributed by atoms with Gasteiger partial charge in [-0.25, -0.2) is 9.18 Å². The summed E-state index contributed by atoms with van der Waals surface area (Å²) in [5, 5.41) is 4.95. The van der Waals surface area contributed by atoms with Crippen LogP contribution in [0.1, 0.15) is 13.3 Å². The molecular weight excluding hydrogens is 197 g/mol. The Balaban J connectivity index is 2.63. The van der Waals surface area contributed by atoms with Gasteiger partial charge in [-0.05, 0) is 24.6 Å². The molecule has 0 aromatic heterocycles. The number of hydrogen-bond donors (Lipinski definition) is 3. The maximum atomic E-state index is 13.2. The van der Waals surface area contributed by atoms with Crippen LogP contribution in [0.5, 0.6) is 0 Å². The van der Waals surface area contributed by atoms with Crippen LogP contribution in [0.3, 0.4) is 0 Å². The highest BCUT2D eigenvalue weighted by Gasteiger charge is 2.05. The van der Waals surface area contributed by atoms with Gasteiger partial charge in [-0.2, -0.15) is 0 Å². The molecule has 0 heterocycles. The maximum absolute atomic E-state index is 13.2. The van der Waals surface area contributed by atoms with Crippen molar-refractivity contribution in [3.8, 4) is 0 Å². The normalized spacial score (nSPS) is 9.73. The SMILES string of the molecule is CCCNC(=O)Nc1cc(N)ccc1F. The van der Waals surface area contributed by atoms with E-state index in [9.17, 15) is 9.18 Å². The van der Waals surface area contributed by atoms with E-state index in [-0.39, 0.29) is 5.69 Å². The van der Waals surface area contributed by atoms with Crippen molar-refractivity contribution in [2.45, 2.75) is 13.3 Å². The third kappa shape index (κ3) is 3.46. The Morgan fingerprint density at radius 1 is 1.53 bits per heavy atom. The zero-order valence-electron chi connectivity index (χ0n) is 8.51. The van der Waals surface area contributed by atoms with Gasteiger partial charge in [0.15, 0.2) is 0 Å². The van der Waals surface area contributed by atoms with Gasteiger partial charge in [-0.3, -0.25) is 0 Å². The van der Waals surface area contributed by atoms with Crippen molar-refractivity contribution < 1.29 is 9.18 Å². The van der Waals surface area contributed by atoms with Crippen LogP contribution in [0, 0.1) is 5.82 Å². The Hall–Kier alpha value is -1.78. The van der Waals surface area contributed by atoms with Gasteiger partial charge in [0.05, 0.1) is 5.69 Å². The number of hydrogen-bond acceptors (Lipinski definition) is 2. The van der Waals surface area contributed by atoms with E-state index in [4.69, 9.17) is 5.73 Å². The molecule has 1 aromatic rings. The largest absolute Gasteiger partial charge is 0.399 e. The zero-order chi connectivity index (χ0) is 11.3. The second-order valence-corrected chi connectivity index (χ2v) is 3.12. The lowest BCUT2D eigenvalue weighted by Gasteiger charge is -2.07. The summed E-state index contributed by atoms with van der Waals surface area (Å²) < 4.78 is 13.2. The summed E-state index contributed by atoms with van der Waals surface area (Å²) >= 11 is 0. The van der Waals surface area contributed by atoms with Crippen molar-refractivity contribution in [3.63, 3.8) is 0 Å². The van der Waals surface area contributed by atoms with E-state index in [1.54, 1.807) is 0 Å². The van der Waals surface area contributed by atoms with E-state index in [0.717, 1.165) is 6.42 Å². The standard InChI is InChI=1S/C10H14FN3O/c1-2-5-13-10(15)14-9-6-7(12)3-4-8(9)11/h3-4,6H,2,5,12H2,1H3,(H2,13,14,15). The first-order valence-corrected chi connectivity index (χ1v) is 4.73. The zero-order valence-corrected chi connectivity index (χ0v) is 8.51. The Bertz CT molecular complexity index is 355. The molecule has 5 heteroatoms. The summed E-state index contributed by atoms with van der Waals surface area (Å²) in [7, 11) is 0. The lowest BCUT2D eigenvalue weighted by atomic mass is 10.2. The minimum absolute atomic E-state index is 0.0867. The first kappa shape index (κ1) is 11.3. The highest BCUT2D eigenvalue weighted by Crippen LogP contribution is 2.16. The van der Waals surface area contributed by atoms with Crippen molar-refractivity contribution in [3.05, 3.63) is 24.0 Å². The lowest BCUT2D eigenvalue weighted by molar-refractivity contribution is 0.252. The Kier molecular flexibility index (Phi) is 3.91. The third-order valence-electron chi connectivity index (χ3n) is 1.77. The van der Waals surface area contributed by atoms with Gasteiger partial charge < -0.3 is 16.4 Å².